The Labute approximate surface area is 188 Å². The number of aromatic amines is 1. The fourth-order valence-electron chi connectivity index (χ4n) is 3.17. The first-order valence-electron chi connectivity index (χ1n) is 9.77. The van der Waals surface area contributed by atoms with Crippen molar-refractivity contribution in [2.75, 3.05) is 36.8 Å². The molecule has 31 heavy (non-hydrogen) atoms. The number of nitrogens with one attached hydrogen (secondary N) is 1. The topological polar surface area (TPSA) is 74.3 Å². The van der Waals surface area contributed by atoms with E-state index in [9.17, 15) is 9.18 Å². The third-order valence-corrected chi connectivity index (χ3v) is 5.93. The molecule has 0 aliphatic carbocycles. The molecule has 0 saturated carbocycles. The predicted octanol–water partition coefficient (Wildman–Crippen LogP) is 3.62. The Kier molecular flexibility index (Phi) is 6.93. The SMILES string of the molecule is O=C(CSc1n[nH]c(COc2ccc(Cl)cc2)n1)N1CCN(c2ccc(F)cc2)CC1. The number of halogens is 2. The van der Waals surface area contributed by atoms with Gasteiger partial charge in [0.2, 0.25) is 11.1 Å². The number of hydrogen-bond donors (Lipinski definition) is 1. The van der Waals surface area contributed by atoms with Crippen LogP contribution in [0.5, 0.6) is 5.75 Å². The van der Waals surface area contributed by atoms with Crippen LogP contribution in [-0.4, -0.2) is 57.9 Å². The highest BCUT2D eigenvalue weighted by Gasteiger charge is 2.22. The van der Waals surface area contributed by atoms with E-state index in [0.29, 0.717) is 34.8 Å². The van der Waals surface area contributed by atoms with Crippen LogP contribution in [0.2, 0.25) is 5.02 Å². The van der Waals surface area contributed by atoms with Crippen LogP contribution in [-0.2, 0) is 11.4 Å². The van der Waals surface area contributed by atoms with E-state index in [2.05, 4.69) is 20.1 Å². The number of piperazine rings is 1. The van der Waals surface area contributed by atoms with Gasteiger partial charge in [-0.25, -0.2) is 9.37 Å². The van der Waals surface area contributed by atoms with Gasteiger partial charge >= 0.3 is 0 Å². The molecule has 3 aromatic rings. The summed E-state index contributed by atoms with van der Waals surface area (Å²) < 4.78 is 18.7. The minimum Gasteiger partial charge on any atom is -0.486 e. The van der Waals surface area contributed by atoms with Gasteiger partial charge < -0.3 is 14.5 Å². The summed E-state index contributed by atoms with van der Waals surface area (Å²) in [5.41, 5.74) is 0.969. The molecule has 0 spiro atoms. The molecule has 1 amide bonds. The van der Waals surface area contributed by atoms with Crippen LogP contribution in [0.3, 0.4) is 0 Å². The van der Waals surface area contributed by atoms with Gasteiger partial charge in [0.25, 0.3) is 0 Å². The monoisotopic (exact) mass is 461 g/mol. The third kappa shape index (κ3) is 5.89. The number of rotatable bonds is 7. The quantitative estimate of drug-likeness (QED) is 0.542. The Hall–Kier alpha value is -2.78. The highest BCUT2D eigenvalue weighted by atomic mass is 35.5. The summed E-state index contributed by atoms with van der Waals surface area (Å²) in [6, 6.07) is 13.5. The van der Waals surface area contributed by atoms with E-state index >= 15 is 0 Å². The number of nitrogens with zero attached hydrogens (tertiary/aromatic N) is 4. The molecule has 0 atom stereocenters. The molecule has 0 unspecified atom stereocenters. The van der Waals surface area contributed by atoms with Crippen molar-refractivity contribution in [3.63, 3.8) is 0 Å². The minimum absolute atomic E-state index is 0.0486. The van der Waals surface area contributed by atoms with E-state index in [1.54, 1.807) is 36.4 Å². The number of H-pyrrole nitrogens is 1. The molecule has 2 heterocycles. The number of ether oxygens (including phenoxy) is 1. The Bertz CT molecular complexity index is 1010. The van der Waals surface area contributed by atoms with Gasteiger partial charge in [-0.1, -0.05) is 23.4 Å². The van der Waals surface area contributed by atoms with Crippen molar-refractivity contribution < 1.29 is 13.9 Å². The Morgan fingerprint density at radius 1 is 1.10 bits per heavy atom. The van der Waals surface area contributed by atoms with Crippen molar-refractivity contribution in [1.29, 1.82) is 0 Å². The van der Waals surface area contributed by atoms with Crippen LogP contribution in [0.25, 0.3) is 0 Å². The molecular formula is C21H21ClFN5O2S. The lowest BCUT2D eigenvalue weighted by atomic mass is 10.2. The Balaban J connectivity index is 1.20. The first kappa shape index (κ1) is 21.5. The predicted molar refractivity (Wildman–Crippen MR) is 118 cm³/mol. The first-order chi connectivity index (χ1) is 15.1. The van der Waals surface area contributed by atoms with Crippen molar-refractivity contribution in [3.8, 4) is 5.75 Å². The van der Waals surface area contributed by atoms with Crippen molar-refractivity contribution in [3.05, 3.63) is 65.2 Å². The fraction of sp³-hybridized carbons (Fsp3) is 0.286. The van der Waals surface area contributed by atoms with Crippen molar-refractivity contribution in [1.82, 2.24) is 20.1 Å². The third-order valence-electron chi connectivity index (χ3n) is 4.85. The van der Waals surface area contributed by atoms with E-state index in [0.717, 1.165) is 18.8 Å². The normalized spacial score (nSPS) is 14.0. The minimum atomic E-state index is -0.249. The second kappa shape index (κ2) is 10.0. The first-order valence-corrected chi connectivity index (χ1v) is 11.1. The largest absolute Gasteiger partial charge is 0.486 e. The molecular weight excluding hydrogens is 441 g/mol. The maximum atomic E-state index is 13.1. The number of carbonyl (C=O) groups excluding carboxylic acids is 1. The lowest BCUT2D eigenvalue weighted by Crippen LogP contribution is -2.49. The maximum Gasteiger partial charge on any atom is 0.233 e. The summed E-state index contributed by atoms with van der Waals surface area (Å²) in [7, 11) is 0. The number of hydrogen-bond acceptors (Lipinski definition) is 6. The molecule has 1 fully saturated rings. The molecule has 1 aromatic heterocycles. The average Bonchev–Trinajstić information content (AvgIpc) is 3.26. The molecule has 1 aliphatic rings. The number of benzene rings is 2. The van der Waals surface area contributed by atoms with Crippen molar-refractivity contribution >= 4 is 35.0 Å². The zero-order chi connectivity index (χ0) is 21.6. The van der Waals surface area contributed by atoms with Crippen LogP contribution in [0.15, 0.2) is 53.7 Å². The highest BCUT2D eigenvalue weighted by Crippen LogP contribution is 2.19. The summed E-state index contributed by atoms with van der Waals surface area (Å²) in [5.74, 6) is 1.34. The van der Waals surface area contributed by atoms with Crippen molar-refractivity contribution in [2.45, 2.75) is 11.8 Å². The lowest BCUT2D eigenvalue weighted by molar-refractivity contribution is -0.128. The molecule has 162 valence electrons. The molecule has 2 aromatic carbocycles. The summed E-state index contributed by atoms with van der Waals surface area (Å²) >= 11 is 7.15. The van der Waals surface area contributed by atoms with Gasteiger partial charge in [-0.3, -0.25) is 9.89 Å². The number of amides is 1. The van der Waals surface area contributed by atoms with E-state index < -0.39 is 0 Å². The summed E-state index contributed by atoms with van der Waals surface area (Å²) in [6.07, 6.45) is 0. The van der Waals surface area contributed by atoms with Gasteiger partial charge in [0.1, 0.15) is 18.2 Å². The Morgan fingerprint density at radius 3 is 2.52 bits per heavy atom. The van der Waals surface area contributed by atoms with Crippen LogP contribution < -0.4 is 9.64 Å². The van der Waals surface area contributed by atoms with Crippen LogP contribution in [0, 0.1) is 5.82 Å². The second-order valence-corrected chi connectivity index (χ2v) is 8.32. The Morgan fingerprint density at radius 2 is 1.81 bits per heavy atom. The number of aromatic nitrogens is 3. The summed E-state index contributed by atoms with van der Waals surface area (Å²) in [6.45, 7) is 2.94. The van der Waals surface area contributed by atoms with E-state index in [1.807, 2.05) is 4.90 Å². The molecule has 1 aliphatic heterocycles. The summed E-state index contributed by atoms with van der Waals surface area (Å²) in [4.78, 5) is 20.9. The number of thioether (sulfide) groups is 1. The summed E-state index contributed by atoms with van der Waals surface area (Å²) in [5, 5.41) is 8.11. The van der Waals surface area contributed by atoms with Crippen molar-refractivity contribution in [2.24, 2.45) is 0 Å². The van der Waals surface area contributed by atoms with Gasteiger partial charge in [-0.15, -0.1) is 5.10 Å². The van der Waals surface area contributed by atoms with E-state index in [1.165, 1.54) is 23.9 Å². The number of anilines is 1. The molecule has 0 bridgehead atoms. The smallest absolute Gasteiger partial charge is 0.233 e. The van der Waals surface area contributed by atoms with Crippen LogP contribution >= 0.6 is 23.4 Å². The van der Waals surface area contributed by atoms with Crippen LogP contribution in [0.1, 0.15) is 5.82 Å². The van der Waals surface area contributed by atoms with Gasteiger partial charge in [0.15, 0.2) is 5.82 Å². The van der Waals surface area contributed by atoms with E-state index in [-0.39, 0.29) is 24.1 Å². The van der Waals surface area contributed by atoms with Gasteiger partial charge in [0, 0.05) is 36.9 Å². The standard InChI is InChI=1S/C21H21ClFN5O2S/c22-15-1-7-18(8-2-15)30-13-19-24-21(26-25-19)31-14-20(29)28-11-9-27(10-12-28)17-5-3-16(23)4-6-17/h1-8H,9-14H2,(H,24,25,26). The molecule has 1 saturated heterocycles. The molecule has 7 nitrogen and oxygen atoms in total. The van der Waals surface area contributed by atoms with Gasteiger partial charge in [0.05, 0.1) is 5.75 Å². The van der Waals surface area contributed by atoms with Gasteiger partial charge in [-0.05, 0) is 48.5 Å². The maximum absolute atomic E-state index is 13.1. The zero-order valence-electron chi connectivity index (χ0n) is 16.6. The average molecular weight is 462 g/mol. The lowest BCUT2D eigenvalue weighted by Gasteiger charge is -2.36. The highest BCUT2D eigenvalue weighted by molar-refractivity contribution is 7.99. The van der Waals surface area contributed by atoms with Crippen LogP contribution in [0.4, 0.5) is 10.1 Å². The zero-order valence-corrected chi connectivity index (χ0v) is 18.2. The fourth-order valence-corrected chi connectivity index (χ4v) is 4.02. The molecule has 4 rings (SSSR count). The van der Waals surface area contributed by atoms with Gasteiger partial charge in [-0.2, -0.15) is 0 Å². The molecule has 10 heteroatoms. The number of carbonyl (C=O) groups is 1. The van der Waals surface area contributed by atoms with E-state index in [4.69, 9.17) is 16.3 Å². The molecule has 0 radical (unpaired) electrons. The molecule has 1 N–H and O–H groups in total. The second-order valence-electron chi connectivity index (χ2n) is 6.94.